The molecule has 0 atom stereocenters. The normalized spacial score (nSPS) is 10.9. The molecule has 0 aliphatic carbocycles. The van der Waals surface area contributed by atoms with E-state index in [0.717, 1.165) is 0 Å². The molecule has 0 radical (unpaired) electrons. The Hall–Kier alpha value is -0.790. The second kappa shape index (κ2) is 6.65. The Kier molecular flexibility index (Phi) is 5.44. The lowest BCUT2D eigenvalue weighted by Gasteiger charge is -1.99. The average Bonchev–Trinajstić information content (AvgIpc) is 2.51. The molecule has 1 heterocycles. The highest BCUT2D eigenvalue weighted by Crippen LogP contribution is 2.06. The highest BCUT2D eigenvalue weighted by Gasteiger charge is 2.05. The Labute approximate surface area is 93.9 Å². The van der Waals surface area contributed by atoms with E-state index >= 15 is 0 Å². The zero-order valence-corrected chi connectivity index (χ0v) is 10.5. The second-order valence-electron chi connectivity index (χ2n) is 4.51. The molecule has 0 aliphatic rings. The van der Waals surface area contributed by atoms with Crippen molar-refractivity contribution in [3.8, 4) is 0 Å². The van der Waals surface area contributed by atoms with Gasteiger partial charge in [0.25, 0.3) is 0 Å². The van der Waals surface area contributed by atoms with Gasteiger partial charge in [0.1, 0.15) is 11.9 Å². The molecule has 0 saturated carbocycles. The number of hydrogen-bond acceptors (Lipinski definition) is 0. The summed E-state index contributed by atoms with van der Waals surface area (Å²) in [5, 5.41) is 0. The van der Waals surface area contributed by atoms with Gasteiger partial charge in [-0.25, -0.2) is 9.13 Å². The van der Waals surface area contributed by atoms with E-state index in [0.29, 0.717) is 0 Å². The Morgan fingerprint density at radius 3 is 2.40 bits per heavy atom. The molecule has 86 valence electrons. The van der Waals surface area contributed by atoms with Gasteiger partial charge in [-0.05, 0) is 12.8 Å². The van der Waals surface area contributed by atoms with Gasteiger partial charge in [-0.3, -0.25) is 0 Å². The quantitative estimate of drug-likeness (QED) is 0.482. The van der Waals surface area contributed by atoms with Gasteiger partial charge in [-0.2, -0.15) is 0 Å². The monoisotopic (exact) mass is 209 g/mol. The van der Waals surface area contributed by atoms with Crippen LogP contribution in [0.4, 0.5) is 0 Å². The maximum absolute atomic E-state index is 2.35. The van der Waals surface area contributed by atoms with Gasteiger partial charge in [0, 0.05) is 6.92 Å². The largest absolute Gasteiger partial charge is 0.243 e. The lowest BCUT2D eigenvalue weighted by Crippen LogP contribution is -2.23. The average molecular weight is 209 g/mol. The number of aryl methyl sites for hydroxylation is 3. The molecule has 0 saturated heterocycles. The molecule has 0 N–H and O–H groups in total. The van der Waals surface area contributed by atoms with Gasteiger partial charge < -0.3 is 0 Å². The van der Waals surface area contributed by atoms with Gasteiger partial charge in [0.2, 0.25) is 6.33 Å². The Morgan fingerprint density at radius 2 is 1.80 bits per heavy atom. The first kappa shape index (κ1) is 12.3. The molecule has 0 spiro atoms. The van der Waals surface area contributed by atoms with E-state index in [2.05, 4.69) is 42.6 Å². The van der Waals surface area contributed by atoms with Crippen molar-refractivity contribution in [2.45, 2.75) is 58.9 Å². The zero-order valence-electron chi connectivity index (χ0n) is 10.5. The molecular weight excluding hydrogens is 184 g/mol. The summed E-state index contributed by atoms with van der Waals surface area (Å²) in [6.45, 7) is 5.62. The molecule has 0 aliphatic heterocycles. The van der Waals surface area contributed by atoms with E-state index in [1.165, 1.54) is 50.8 Å². The summed E-state index contributed by atoms with van der Waals surface area (Å²) in [6, 6.07) is 0. The second-order valence-corrected chi connectivity index (χ2v) is 4.51. The molecule has 1 aromatic rings. The van der Waals surface area contributed by atoms with Crippen molar-refractivity contribution < 1.29 is 4.57 Å². The minimum Gasteiger partial charge on any atom is -0.239 e. The fraction of sp³-hybridized carbons (Fsp3) is 0.769. The first-order chi connectivity index (χ1) is 7.24. The fourth-order valence-electron chi connectivity index (χ4n) is 2.01. The van der Waals surface area contributed by atoms with E-state index in [9.17, 15) is 0 Å². The number of rotatable bonds is 7. The van der Waals surface area contributed by atoms with Gasteiger partial charge >= 0.3 is 0 Å². The number of aromatic nitrogens is 2. The summed E-state index contributed by atoms with van der Waals surface area (Å²) in [5.41, 5.74) is 1.37. The van der Waals surface area contributed by atoms with Crippen LogP contribution in [-0.2, 0) is 13.6 Å². The van der Waals surface area contributed by atoms with Crippen LogP contribution in [0.2, 0.25) is 0 Å². The van der Waals surface area contributed by atoms with E-state index in [1.807, 2.05) is 0 Å². The summed E-state index contributed by atoms with van der Waals surface area (Å²) >= 11 is 0. The molecule has 15 heavy (non-hydrogen) atoms. The van der Waals surface area contributed by atoms with Gasteiger partial charge in [0.15, 0.2) is 0 Å². The highest BCUT2D eigenvalue weighted by molar-refractivity contribution is 4.88. The van der Waals surface area contributed by atoms with Crippen molar-refractivity contribution in [3.05, 3.63) is 18.2 Å². The van der Waals surface area contributed by atoms with Crippen molar-refractivity contribution >= 4 is 0 Å². The maximum Gasteiger partial charge on any atom is 0.243 e. The number of hydrogen-bond donors (Lipinski definition) is 0. The first-order valence-electron chi connectivity index (χ1n) is 6.26. The lowest BCUT2D eigenvalue weighted by molar-refractivity contribution is -0.671. The van der Waals surface area contributed by atoms with Crippen molar-refractivity contribution in [1.82, 2.24) is 4.57 Å². The predicted octanol–water partition coefficient (Wildman–Crippen LogP) is 2.98. The molecule has 0 bridgehead atoms. The molecule has 0 fully saturated rings. The SMILES string of the molecule is CCCCCCCCn1c[n+](C)cc1C. The molecule has 0 unspecified atom stereocenters. The van der Waals surface area contributed by atoms with Crippen LogP contribution >= 0.6 is 0 Å². The van der Waals surface area contributed by atoms with Crippen molar-refractivity contribution in [2.75, 3.05) is 0 Å². The third kappa shape index (κ3) is 4.50. The van der Waals surface area contributed by atoms with E-state index < -0.39 is 0 Å². The van der Waals surface area contributed by atoms with E-state index in [1.54, 1.807) is 0 Å². The molecule has 0 amide bonds. The van der Waals surface area contributed by atoms with E-state index in [4.69, 9.17) is 0 Å². The van der Waals surface area contributed by atoms with Crippen LogP contribution < -0.4 is 4.57 Å². The third-order valence-electron chi connectivity index (χ3n) is 2.92. The number of imidazole rings is 1. The zero-order chi connectivity index (χ0) is 11.1. The van der Waals surface area contributed by atoms with Crippen LogP contribution in [-0.4, -0.2) is 4.57 Å². The maximum atomic E-state index is 2.35. The first-order valence-corrected chi connectivity index (χ1v) is 6.26. The fourth-order valence-corrected chi connectivity index (χ4v) is 2.01. The van der Waals surface area contributed by atoms with Gasteiger partial charge in [-0.15, -0.1) is 0 Å². The minimum atomic E-state index is 1.18. The number of nitrogens with zero attached hydrogens (tertiary/aromatic N) is 2. The molecule has 0 aromatic carbocycles. The molecule has 1 rings (SSSR count). The summed E-state index contributed by atoms with van der Waals surface area (Å²) in [5.74, 6) is 0. The van der Waals surface area contributed by atoms with E-state index in [-0.39, 0.29) is 0 Å². The van der Waals surface area contributed by atoms with Crippen LogP contribution in [0.1, 0.15) is 51.1 Å². The molecule has 2 nitrogen and oxygen atoms in total. The van der Waals surface area contributed by atoms with Crippen LogP contribution in [0.15, 0.2) is 12.5 Å². The standard InChI is InChI=1S/C13H25N2/c1-4-5-6-7-8-9-10-15-12-14(3)11-13(15)2/h11-12H,4-10H2,1-3H3/q+1. The van der Waals surface area contributed by atoms with Gasteiger partial charge in [-0.1, -0.05) is 32.6 Å². The van der Waals surface area contributed by atoms with Crippen LogP contribution in [0.5, 0.6) is 0 Å². The molecular formula is C13H25N2+. The van der Waals surface area contributed by atoms with Crippen LogP contribution in [0.25, 0.3) is 0 Å². The smallest absolute Gasteiger partial charge is 0.239 e. The van der Waals surface area contributed by atoms with Gasteiger partial charge in [0.05, 0.1) is 13.6 Å². The third-order valence-corrected chi connectivity index (χ3v) is 2.92. The highest BCUT2D eigenvalue weighted by atomic mass is 15.1. The topological polar surface area (TPSA) is 8.81 Å². The van der Waals surface area contributed by atoms with Crippen molar-refractivity contribution in [1.29, 1.82) is 0 Å². The number of unbranched alkanes of at least 4 members (excludes halogenated alkanes) is 5. The summed E-state index contributed by atoms with van der Waals surface area (Å²) in [7, 11) is 2.09. The Bertz CT molecular complexity index is 276. The Morgan fingerprint density at radius 1 is 1.13 bits per heavy atom. The summed E-state index contributed by atoms with van der Waals surface area (Å²) in [6.07, 6.45) is 12.6. The summed E-state index contributed by atoms with van der Waals surface area (Å²) < 4.78 is 4.48. The van der Waals surface area contributed by atoms with Crippen LogP contribution in [0.3, 0.4) is 0 Å². The molecule has 2 heteroatoms. The predicted molar refractivity (Wildman–Crippen MR) is 63.7 cm³/mol. The van der Waals surface area contributed by atoms with Crippen LogP contribution in [0, 0.1) is 6.92 Å². The minimum absolute atomic E-state index is 1.18. The molecule has 1 aromatic heterocycles. The van der Waals surface area contributed by atoms with Crippen molar-refractivity contribution in [2.24, 2.45) is 7.05 Å². The lowest BCUT2D eigenvalue weighted by atomic mass is 10.1. The summed E-state index contributed by atoms with van der Waals surface area (Å²) in [4.78, 5) is 0. The van der Waals surface area contributed by atoms with Crippen molar-refractivity contribution in [3.63, 3.8) is 0 Å². The Balaban J connectivity index is 2.12.